The molecule has 1 aromatic rings. The molecule has 96 valence electrons. The third-order valence-electron chi connectivity index (χ3n) is 3.18. The largest absolute Gasteiger partial charge is 0.338 e. The molecule has 0 spiro atoms. The van der Waals surface area contributed by atoms with Gasteiger partial charge in [-0.25, -0.2) is 5.84 Å². The number of carbonyl (C=O) groups excluding carboxylic acids is 2. The maximum Gasteiger partial charge on any atom is 0.254 e. The molecule has 2 amide bonds. The van der Waals surface area contributed by atoms with Gasteiger partial charge in [-0.05, 0) is 24.5 Å². The zero-order valence-corrected chi connectivity index (χ0v) is 10.2. The van der Waals surface area contributed by atoms with E-state index in [2.05, 4.69) is 5.43 Å². The quantitative estimate of drug-likeness (QED) is 0.461. The molecule has 0 saturated heterocycles. The van der Waals surface area contributed by atoms with E-state index in [0.717, 1.165) is 24.1 Å². The van der Waals surface area contributed by atoms with Gasteiger partial charge in [0.15, 0.2) is 0 Å². The van der Waals surface area contributed by atoms with E-state index < -0.39 is 0 Å². The van der Waals surface area contributed by atoms with E-state index in [4.69, 9.17) is 5.84 Å². The lowest BCUT2D eigenvalue weighted by Gasteiger charge is -2.28. The highest BCUT2D eigenvalue weighted by Crippen LogP contribution is 2.18. The first-order chi connectivity index (χ1) is 8.72. The van der Waals surface area contributed by atoms with Gasteiger partial charge in [-0.1, -0.05) is 18.2 Å². The fraction of sp³-hybridized carbons (Fsp3) is 0.385. The fourth-order valence-corrected chi connectivity index (χ4v) is 2.19. The minimum absolute atomic E-state index is 0.0602. The molecule has 2 rings (SSSR count). The molecule has 5 heteroatoms. The number of fused-ring (bicyclic) bond motifs is 1. The number of hydrazine groups is 1. The van der Waals surface area contributed by atoms with E-state index >= 15 is 0 Å². The molecular formula is C13H17N3O2. The van der Waals surface area contributed by atoms with Gasteiger partial charge in [0.25, 0.3) is 5.91 Å². The summed E-state index contributed by atoms with van der Waals surface area (Å²) in [5.41, 5.74) is 3.98. The molecule has 1 aromatic carbocycles. The Bertz CT molecular complexity index is 459. The summed E-state index contributed by atoms with van der Waals surface area (Å²) in [5, 5.41) is 0. The molecule has 0 radical (unpaired) electrons. The summed E-state index contributed by atoms with van der Waals surface area (Å²) in [6.07, 6.45) is 1.86. The summed E-state index contributed by atoms with van der Waals surface area (Å²) in [4.78, 5) is 25.0. The van der Waals surface area contributed by atoms with E-state index in [9.17, 15) is 9.59 Å². The number of rotatable bonds is 4. The van der Waals surface area contributed by atoms with Crippen LogP contribution in [0.25, 0.3) is 0 Å². The smallest absolute Gasteiger partial charge is 0.254 e. The Morgan fingerprint density at radius 3 is 2.94 bits per heavy atom. The first-order valence-corrected chi connectivity index (χ1v) is 6.09. The van der Waals surface area contributed by atoms with Gasteiger partial charge in [0.05, 0.1) is 0 Å². The van der Waals surface area contributed by atoms with Crippen LogP contribution in [0.3, 0.4) is 0 Å². The minimum Gasteiger partial charge on any atom is -0.338 e. The van der Waals surface area contributed by atoms with Gasteiger partial charge in [-0.3, -0.25) is 15.0 Å². The summed E-state index contributed by atoms with van der Waals surface area (Å²) in [6, 6.07) is 7.68. The molecule has 3 N–H and O–H groups in total. The predicted octanol–water partition coefficient (Wildman–Crippen LogP) is 0.455. The standard InChI is InChI=1S/C13H17N3O2/c14-15-12(17)6-3-8-16-9-7-10-4-1-2-5-11(10)13(16)18/h1-2,4-5H,3,6-9,14H2,(H,15,17). The van der Waals surface area contributed by atoms with E-state index in [0.29, 0.717) is 19.4 Å². The van der Waals surface area contributed by atoms with Crippen LogP contribution in [-0.4, -0.2) is 29.8 Å². The van der Waals surface area contributed by atoms with Crippen molar-refractivity contribution in [2.24, 2.45) is 5.84 Å². The van der Waals surface area contributed by atoms with Crippen LogP contribution in [0.1, 0.15) is 28.8 Å². The van der Waals surface area contributed by atoms with Crippen molar-refractivity contribution in [2.45, 2.75) is 19.3 Å². The molecular weight excluding hydrogens is 230 g/mol. The van der Waals surface area contributed by atoms with Crippen LogP contribution in [0.5, 0.6) is 0 Å². The molecule has 1 heterocycles. The Morgan fingerprint density at radius 2 is 2.17 bits per heavy atom. The van der Waals surface area contributed by atoms with Crippen molar-refractivity contribution in [1.29, 1.82) is 0 Å². The van der Waals surface area contributed by atoms with Crippen molar-refractivity contribution in [3.8, 4) is 0 Å². The normalized spacial score (nSPS) is 14.3. The van der Waals surface area contributed by atoms with Gasteiger partial charge in [-0.2, -0.15) is 0 Å². The summed E-state index contributed by atoms with van der Waals surface area (Å²) < 4.78 is 0. The minimum atomic E-state index is -0.195. The Kier molecular flexibility index (Phi) is 3.94. The molecule has 0 aromatic heterocycles. The molecule has 0 aliphatic carbocycles. The maximum absolute atomic E-state index is 12.2. The Hall–Kier alpha value is -1.88. The Labute approximate surface area is 106 Å². The van der Waals surface area contributed by atoms with Crippen LogP contribution in [0.4, 0.5) is 0 Å². The van der Waals surface area contributed by atoms with Crippen LogP contribution in [-0.2, 0) is 11.2 Å². The summed E-state index contributed by atoms with van der Waals surface area (Å²) in [6.45, 7) is 1.32. The lowest BCUT2D eigenvalue weighted by Crippen LogP contribution is -2.38. The van der Waals surface area contributed by atoms with Gasteiger partial charge < -0.3 is 4.90 Å². The van der Waals surface area contributed by atoms with Gasteiger partial charge in [0.1, 0.15) is 0 Å². The maximum atomic E-state index is 12.2. The van der Waals surface area contributed by atoms with E-state index in [1.165, 1.54) is 0 Å². The first kappa shape index (κ1) is 12.6. The average molecular weight is 247 g/mol. The van der Waals surface area contributed by atoms with Crippen LogP contribution in [0.15, 0.2) is 24.3 Å². The lowest BCUT2D eigenvalue weighted by atomic mass is 9.99. The second-order valence-electron chi connectivity index (χ2n) is 4.37. The summed E-state index contributed by atoms with van der Waals surface area (Å²) >= 11 is 0. The highest BCUT2D eigenvalue weighted by Gasteiger charge is 2.23. The topological polar surface area (TPSA) is 75.4 Å². The van der Waals surface area contributed by atoms with Crippen molar-refractivity contribution in [3.63, 3.8) is 0 Å². The summed E-state index contributed by atoms with van der Waals surface area (Å²) in [5.74, 6) is 4.87. The molecule has 1 aliphatic heterocycles. The van der Waals surface area contributed by atoms with Crippen molar-refractivity contribution < 1.29 is 9.59 Å². The highest BCUT2D eigenvalue weighted by atomic mass is 16.2. The molecule has 1 aliphatic rings. The molecule has 0 saturated carbocycles. The number of nitrogens with one attached hydrogen (secondary N) is 1. The van der Waals surface area contributed by atoms with Crippen molar-refractivity contribution in [2.75, 3.05) is 13.1 Å². The third-order valence-corrected chi connectivity index (χ3v) is 3.18. The second kappa shape index (κ2) is 5.64. The number of nitrogens with two attached hydrogens (primary N) is 1. The van der Waals surface area contributed by atoms with Gasteiger partial charge in [0, 0.05) is 25.1 Å². The number of hydrogen-bond acceptors (Lipinski definition) is 3. The second-order valence-corrected chi connectivity index (χ2v) is 4.37. The molecule has 5 nitrogen and oxygen atoms in total. The zero-order chi connectivity index (χ0) is 13.0. The van der Waals surface area contributed by atoms with E-state index in [1.807, 2.05) is 24.3 Å². The van der Waals surface area contributed by atoms with Crippen molar-refractivity contribution in [3.05, 3.63) is 35.4 Å². The lowest BCUT2D eigenvalue weighted by molar-refractivity contribution is -0.121. The fourth-order valence-electron chi connectivity index (χ4n) is 2.19. The van der Waals surface area contributed by atoms with Gasteiger partial charge in [-0.15, -0.1) is 0 Å². The average Bonchev–Trinajstić information content (AvgIpc) is 2.41. The number of nitrogens with zero attached hydrogens (tertiary/aromatic N) is 1. The zero-order valence-electron chi connectivity index (χ0n) is 10.2. The number of amides is 2. The van der Waals surface area contributed by atoms with Crippen LogP contribution < -0.4 is 11.3 Å². The first-order valence-electron chi connectivity index (χ1n) is 6.09. The monoisotopic (exact) mass is 247 g/mol. The number of hydrogen-bond donors (Lipinski definition) is 2. The van der Waals surface area contributed by atoms with Crippen LogP contribution >= 0.6 is 0 Å². The summed E-state index contributed by atoms with van der Waals surface area (Å²) in [7, 11) is 0. The number of benzene rings is 1. The molecule has 18 heavy (non-hydrogen) atoms. The number of carbonyl (C=O) groups is 2. The van der Waals surface area contributed by atoms with Crippen molar-refractivity contribution in [1.82, 2.24) is 10.3 Å². The SMILES string of the molecule is NNC(=O)CCCN1CCc2ccccc2C1=O. The van der Waals surface area contributed by atoms with Crippen LogP contribution in [0, 0.1) is 0 Å². The third kappa shape index (κ3) is 2.68. The van der Waals surface area contributed by atoms with Gasteiger partial charge in [0.2, 0.25) is 5.91 Å². The van der Waals surface area contributed by atoms with Crippen molar-refractivity contribution >= 4 is 11.8 Å². The van der Waals surface area contributed by atoms with E-state index in [-0.39, 0.29) is 11.8 Å². The molecule has 0 unspecified atom stereocenters. The molecule has 0 atom stereocenters. The van der Waals surface area contributed by atoms with E-state index in [1.54, 1.807) is 4.90 Å². The highest BCUT2D eigenvalue weighted by molar-refractivity contribution is 5.96. The Balaban J connectivity index is 1.93. The Morgan fingerprint density at radius 1 is 1.39 bits per heavy atom. The molecule has 0 fully saturated rings. The molecule has 0 bridgehead atoms. The van der Waals surface area contributed by atoms with Crippen LogP contribution in [0.2, 0.25) is 0 Å². The van der Waals surface area contributed by atoms with Gasteiger partial charge >= 0.3 is 0 Å². The predicted molar refractivity (Wildman–Crippen MR) is 67.6 cm³/mol.